The van der Waals surface area contributed by atoms with Crippen molar-refractivity contribution in [3.8, 4) is 5.75 Å². The molecule has 0 fully saturated rings. The molecule has 0 aliphatic rings. The maximum atomic E-state index is 12.7. The van der Waals surface area contributed by atoms with Crippen LogP contribution in [-0.2, 0) is 0 Å². The van der Waals surface area contributed by atoms with E-state index in [0.717, 1.165) is 22.3 Å². The molecule has 2 rings (SSSR count). The van der Waals surface area contributed by atoms with Gasteiger partial charge >= 0.3 is 0 Å². The van der Waals surface area contributed by atoms with E-state index in [9.17, 15) is 4.79 Å². The molecule has 0 atom stereocenters. The lowest BCUT2D eigenvalue weighted by Gasteiger charge is -2.12. The monoisotopic (exact) mass is 283 g/mol. The van der Waals surface area contributed by atoms with Crippen LogP contribution < -0.4 is 10.5 Å². The van der Waals surface area contributed by atoms with Crippen LogP contribution in [0.15, 0.2) is 30.3 Å². The van der Waals surface area contributed by atoms with E-state index in [2.05, 4.69) is 0 Å². The van der Waals surface area contributed by atoms with Crippen molar-refractivity contribution in [1.82, 2.24) is 0 Å². The third-order valence-corrected chi connectivity index (χ3v) is 3.48. The van der Waals surface area contributed by atoms with Gasteiger partial charge in [-0.25, -0.2) is 0 Å². The molecule has 0 saturated heterocycles. The van der Waals surface area contributed by atoms with Gasteiger partial charge in [0.25, 0.3) is 0 Å². The van der Waals surface area contributed by atoms with Crippen molar-refractivity contribution >= 4 is 11.5 Å². The van der Waals surface area contributed by atoms with Crippen LogP contribution in [0.5, 0.6) is 5.75 Å². The molecule has 2 N–H and O–H groups in total. The molecule has 0 unspecified atom stereocenters. The molecule has 0 amide bonds. The zero-order chi connectivity index (χ0) is 15.6. The molecule has 0 aromatic heterocycles. The first-order valence-corrected chi connectivity index (χ1v) is 7.09. The Morgan fingerprint density at radius 3 is 2.24 bits per heavy atom. The molecule has 21 heavy (non-hydrogen) atoms. The number of carbonyl (C=O) groups excluding carboxylic acids is 1. The highest BCUT2D eigenvalue weighted by Crippen LogP contribution is 2.26. The van der Waals surface area contributed by atoms with E-state index >= 15 is 0 Å². The third kappa shape index (κ3) is 3.07. The number of hydrogen-bond acceptors (Lipinski definition) is 3. The van der Waals surface area contributed by atoms with Crippen molar-refractivity contribution in [2.75, 3.05) is 12.3 Å². The maximum Gasteiger partial charge on any atom is 0.193 e. The average molecular weight is 283 g/mol. The van der Waals surface area contributed by atoms with Crippen molar-refractivity contribution in [2.24, 2.45) is 0 Å². The SMILES string of the molecule is CCOc1ccc(C(=O)c2c(C)cc(C)cc2C)cc1N. The Morgan fingerprint density at radius 2 is 1.71 bits per heavy atom. The molecular formula is C18H21NO2. The second-order valence-electron chi connectivity index (χ2n) is 5.29. The first kappa shape index (κ1) is 15.1. The number of hydrogen-bond donors (Lipinski definition) is 1. The topological polar surface area (TPSA) is 52.3 Å². The highest BCUT2D eigenvalue weighted by molar-refractivity contribution is 6.11. The Bertz CT molecular complexity index is 667. The van der Waals surface area contributed by atoms with Gasteiger partial charge in [-0.3, -0.25) is 4.79 Å². The zero-order valence-electron chi connectivity index (χ0n) is 13.0. The normalized spacial score (nSPS) is 10.5. The van der Waals surface area contributed by atoms with Gasteiger partial charge in [-0.2, -0.15) is 0 Å². The standard InChI is InChI=1S/C18H21NO2/c1-5-21-16-7-6-14(10-15(16)19)18(20)17-12(3)8-11(2)9-13(17)4/h6-10H,5,19H2,1-4H3. The Morgan fingerprint density at radius 1 is 1.10 bits per heavy atom. The van der Waals surface area contributed by atoms with Crippen LogP contribution in [-0.4, -0.2) is 12.4 Å². The summed E-state index contributed by atoms with van der Waals surface area (Å²) in [4.78, 5) is 12.7. The van der Waals surface area contributed by atoms with Gasteiger partial charge in [0.1, 0.15) is 5.75 Å². The molecule has 0 spiro atoms. The second-order valence-corrected chi connectivity index (χ2v) is 5.29. The van der Waals surface area contributed by atoms with Crippen LogP contribution in [0.4, 0.5) is 5.69 Å². The summed E-state index contributed by atoms with van der Waals surface area (Å²) in [7, 11) is 0. The first-order chi connectivity index (χ1) is 9.93. The van der Waals surface area contributed by atoms with Crippen molar-refractivity contribution in [2.45, 2.75) is 27.7 Å². The quantitative estimate of drug-likeness (QED) is 0.685. The maximum absolute atomic E-state index is 12.7. The highest BCUT2D eigenvalue weighted by Gasteiger charge is 2.16. The fraction of sp³-hybridized carbons (Fsp3) is 0.278. The average Bonchev–Trinajstić information content (AvgIpc) is 2.40. The lowest BCUT2D eigenvalue weighted by molar-refractivity contribution is 0.103. The fourth-order valence-corrected chi connectivity index (χ4v) is 2.66. The van der Waals surface area contributed by atoms with Crippen LogP contribution in [0, 0.1) is 20.8 Å². The minimum atomic E-state index is -0.000233. The van der Waals surface area contributed by atoms with Crippen molar-refractivity contribution in [1.29, 1.82) is 0 Å². The molecule has 0 aliphatic heterocycles. The fourth-order valence-electron chi connectivity index (χ4n) is 2.66. The number of benzene rings is 2. The number of ether oxygens (including phenoxy) is 1. The molecule has 2 aromatic rings. The van der Waals surface area contributed by atoms with E-state index in [1.54, 1.807) is 18.2 Å². The highest BCUT2D eigenvalue weighted by atomic mass is 16.5. The number of rotatable bonds is 4. The Hall–Kier alpha value is -2.29. The van der Waals surface area contributed by atoms with Gasteiger partial charge in [0.15, 0.2) is 5.78 Å². The summed E-state index contributed by atoms with van der Waals surface area (Å²) in [6.45, 7) is 8.41. The van der Waals surface area contributed by atoms with Crippen LogP contribution in [0.25, 0.3) is 0 Å². The molecule has 110 valence electrons. The largest absolute Gasteiger partial charge is 0.492 e. The Balaban J connectivity index is 2.43. The summed E-state index contributed by atoms with van der Waals surface area (Å²) in [5.74, 6) is 0.617. The van der Waals surface area contributed by atoms with Crippen LogP contribution >= 0.6 is 0 Å². The molecule has 3 nitrogen and oxygen atoms in total. The van der Waals surface area contributed by atoms with Gasteiger partial charge < -0.3 is 10.5 Å². The van der Waals surface area contributed by atoms with Gasteiger partial charge in [0.2, 0.25) is 0 Å². The van der Waals surface area contributed by atoms with E-state index < -0.39 is 0 Å². The number of anilines is 1. The third-order valence-electron chi connectivity index (χ3n) is 3.48. The number of carbonyl (C=O) groups is 1. The van der Waals surface area contributed by atoms with Crippen molar-refractivity contribution < 1.29 is 9.53 Å². The second kappa shape index (κ2) is 6.00. The van der Waals surface area contributed by atoms with Crippen LogP contribution in [0.2, 0.25) is 0 Å². The molecule has 0 saturated carbocycles. The number of aryl methyl sites for hydroxylation is 3. The lowest BCUT2D eigenvalue weighted by atomic mass is 9.93. The molecule has 2 aromatic carbocycles. The lowest BCUT2D eigenvalue weighted by Crippen LogP contribution is -2.08. The molecular weight excluding hydrogens is 262 g/mol. The number of ketones is 1. The zero-order valence-corrected chi connectivity index (χ0v) is 13.0. The van der Waals surface area contributed by atoms with Crippen molar-refractivity contribution in [3.63, 3.8) is 0 Å². The molecule has 0 radical (unpaired) electrons. The summed E-state index contributed by atoms with van der Waals surface area (Å²) in [6, 6.07) is 9.26. The van der Waals surface area contributed by atoms with Gasteiger partial charge in [-0.1, -0.05) is 17.7 Å². The number of nitrogen functional groups attached to an aromatic ring is 1. The van der Waals surface area contributed by atoms with Crippen molar-refractivity contribution in [3.05, 3.63) is 58.1 Å². The summed E-state index contributed by atoms with van der Waals surface area (Å²) < 4.78 is 5.40. The van der Waals surface area contributed by atoms with Gasteiger partial charge in [-0.05, 0) is 57.0 Å². The predicted octanol–water partition coefficient (Wildman–Crippen LogP) is 3.82. The Labute approximate surface area is 125 Å². The summed E-state index contributed by atoms with van der Waals surface area (Å²) in [5, 5.41) is 0. The predicted molar refractivity (Wildman–Crippen MR) is 86.1 cm³/mol. The van der Waals surface area contributed by atoms with Gasteiger partial charge in [0, 0.05) is 11.1 Å². The van der Waals surface area contributed by atoms with Crippen LogP contribution in [0.1, 0.15) is 39.5 Å². The molecule has 0 heterocycles. The summed E-state index contributed by atoms with van der Waals surface area (Å²) >= 11 is 0. The van der Waals surface area contributed by atoms with Gasteiger partial charge in [-0.15, -0.1) is 0 Å². The van der Waals surface area contributed by atoms with E-state index in [4.69, 9.17) is 10.5 Å². The molecule has 3 heteroatoms. The van der Waals surface area contributed by atoms with E-state index in [1.165, 1.54) is 0 Å². The Kier molecular flexibility index (Phi) is 4.32. The minimum Gasteiger partial charge on any atom is -0.492 e. The van der Waals surface area contributed by atoms with Crippen LogP contribution in [0.3, 0.4) is 0 Å². The minimum absolute atomic E-state index is 0.000233. The van der Waals surface area contributed by atoms with Gasteiger partial charge in [0.05, 0.1) is 12.3 Å². The summed E-state index contributed by atoms with van der Waals surface area (Å²) in [6.07, 6.45) is 0. The smallest absolute Gasteiger partial charge is 0.193 e. The summed E-state index contributed by atoms with van der Waals surface area (Å²) in [5.41, 5.74) is 10.9. The van der Waals surface area contributed by atoms with E-state index in [-0.39, 0.29) is 5.78 Å². The molecule has 0 bridgehead atoms. The number of nitrogens with two attached hydrogens (primary N) is 1. The first-order valence-electron chi connectivity index (χ1n) is 7.09. The van der Waals surface area contributed by atoms with E-state index in [1.807, 2.05) is 39.8 Å². The molecule has 0 aliphatic carbocycles. The van der Waals surface area contributed by atoms with E-state index in [0.29, 0.717) is 23.6 Å².